The Hall–Kier alpha value is -3.88. The molecule has 0 unspecified atom stereocenters. The van der Waals surface area contributed by atoms with E-state index < -0.39 is 40.3 Å². The van der Waals surface area contributed by atoms with Crippen LogP contribution in [0, 0.1) is 5.82 Å². The zero-order valence-electron chi connectivity index (χ0n) is 14.9. The van der Waals surface area contributed by atoms with Crippen LogP contribution in [0.2, 0.25) is 0 Å². The molecule has 2 aromatic carbocycles. The summed E-state index contributed by atoms with van der Waals surface area (Å²) in [5.74, 6) is -2.60. The van der Waals surface area contributed by atoms with Crippen LogP contribution in [0.5, 0.6) is 0 Å². The number of carboxylic acids is 1. The molecule has 4 aromatic rings. The smallest absolute Gasteiger partial charge is 0.417 e. The van der Waals surface area contributed by atoms with Crippen LogP contribution in [0.25, 0.3) is 22.4 Å². The quantitative estimate of drug-likeness (QED) is 0.339. The van der Waals surface area contributed by atoms with E-state index in [2.05, 4.69) is 4.98 Å². The van der Waals surface area contributed by atoms with Gasteiger partial charge in [-0.2, -0.15) is 13.2 Å². The first-order valence-corrected chi connectivity index (χ1v) is 8.52. The minimum Gasteiger partial charge on any atom is -0.478 e. The van der Waals surface area contributed by atoms with Gasteiger partial charge in [0.2, 0.25) is 5.78 Å². The maximum Gasteiger partial charge on any atom is 0.417 e. The van der Waals surface area contributed by atoms with E-state index >= 15 is 0 Å². The molecule has 0 saturated heterocycles. The lowest BCUT2D eigenvalue weighted by Crippen LogP contribution is -2.05. The highest BCUT2D eigenvalue weighted by molar-refractivity contribution is 6.08. The van der Waals surface area contributed by atoms with Crippen LogP contribution in [-0.2, 0) is 6.18 Å². The fourth-order valence-electron chi connectivity index (χ4n) is 3.06. The van der Waals surface area contributed by atoms with Gasteiger partial charge in [0.1, 0.15) is 0 Å². The summed E-state index contributed by atoms with van der Waals surface area (Å²) < 4.78 is 58.8. The van der Waals surface area contributed by atoms with Crippen molar-refractivity contribution in [3.63, 3.8) is 0 Å². The highest BCUT2D eigenvalue weighted by Crippen LogP contribution is 2.39. The lowest BCUT2D eigenvalue weighted by atomic mass is 10.1. The third kappa shape index (κ3) is 3.34. The zero-order chi connectivity index (χ0) is 21.6. The van der Waals surface area contributed by atoms with Crippen LogP contribution in [-0.4, -0.2) is 21.8 Å². The van der Waals surface area contributed by atoms with Crippen LogP contribution in [0.4, 0.5) is 17.6 Å². The molecule has 2 aromatic heterocycles. The Labute approximate surface area is 165 Å². The van der Waals surface area contributed by atoms with Crippen molar-refractivity contribution in [2.45, 2.75) is 6.18 Å². The SMILES string of the molecule is O=C(O)c1ccc(C(=O)c2ccc(-c3cc4c(C(F)(F)F)ccc(F)c4o3)[nH]2)cc1. The lowest BCUT2D eigenvalue weighted by molar-refractivity contribution is -0.136. The third-order valence-corrected chi connectivity index (χ3v) is 4.53. The van der Waals surface area contributed by atoms with Crippen molar-refractivity contribution < 1.29 is 36.7 Å². The normalized spacial score (nSPS) is 11.7. The number of carbonyl (C=O) groups excluding carboxylic acids is 1. The van der Waals surface area contributed by atoms with E-state index in [1.807, 2.05) is 0 Å². The molecule has 5 nitrogen and oxygen atoms in total. The number of hydrogen-bond acceptors (Lipinski definition) is 3. The van der Waals surface area contributed by atoms with E-state index in [-0.39, 0.29) is 28.3 Å². The van der Waals surface area contributed by atoms with Gasteiger partial charge in [-0.25, -0.2) is 9.18 Å². The van der Waals surface area contributed by atoms with Gasteiger partial charge in [-0.1, -0.05) is 12.1 Å². The number of rotatable bonds is 4. The average molecular weight is 417 g/mol. The molecule has 0 saturated carbocycles. The van der Waals surface area contributed by atoms with Gasteiger partial charge in [0.15, 0.2) is 17.2 Å². The maximum atomic E-state index is 14.0. The van der Waals surface area contributed by atoms with Gasteiger partial charge in [0.25, 0.3) is 0 Å². The average Bonchev–Trinajstić information content (AvgIpc) is 3.34. The molecule has 0 aliphatic carbocycles. The number of aromatic nitrogens is 1. The fraction of sp³-hybridized carbons (Fsp3) is 0.0476. The monoisotopic (exact) mass is 417 g/mol. The Kier molecular flexibility index (Phi) is 4.45. The summed E-state index contributed by atoms with van der Waals surface area (Å²) in [6, 6.07) is 10.4. The fourth-order valence-corrected chi connectivity index (χ4v) is 3.06. The molecule has 0 aliphatic rings. The minimum atomic E-state index is -4.69. The molecule has 2 N–H and O–H groups in total. The zero-order valence-corrected chi connectivity index (χ0v) is 14.9. The number of hydrogen-bond donors (Lipinski definition) is 2. The summed E-state index contributed by atoms with van der Waals surface area (Å²) in [6.07, 6.45) is -4.69. The Balaban J connectivity index is 1.70. The minimum absolute atomic E-state index is 0.0171. The molecule has 152 valence electrons. The number of halogens is 4. The first kappa shape index (κ1) is 19.4. The van der Waals surface area contributed by atoms with Crippen LogP contribution in [0.15, 0.2) is 59.0 Å². The van der Waals surface area contributed by atoms with E-state index in [0.717, 1.165) is 6.07 Å². The van der Waals surface area contributed by atoms with Gasteiger partial charge in [-0.15, -0.1) is 0 Å². The molecule has 2 heterocycles. The van der Waals surface area contributed by atoms with E-state index in [1.54, 1.807) is 0 Å². The van der Waals surface area contributed by atoms with Crippen molar-refractivity contribution in [2.75, 3.05) is 0 Å². The number of H-pyrrole nitrogens is 1. The highest BCUT2D eigenvalue weighted by atomic mass is 19.4. The summed E-state index contributed by atoms with van der Waals surface area (Å²) in [7, 11) is 0. The summed E-state index contributed by atoms with van der Waals surface area (Å²) in [4.78, 5) is 26.2. The molecule has 0 radical (unpaired) electrons. The Bertz CT molecular complexity index is 1280. The van der Waals surface area contributed by atoms with Crippen LogP contribution in [0.1, 0.15) is 32.0 Å². The number of ketones is 1. The second-order valence-electron chi connectivity index (χ2n) is 6.44. The molecule has 0 amide bonds. The number of carboxylic acid groups (broad SMARTS) is 1. The Morgan fingerprint density at radius 1 is 0.933 bits per heavy atom. The van der Waals surface area contributed by atoms with Crippen molar-refractivity contribution in [2.24, 2.45) is 0 Å². The lowest BCUT2D eigenvalue weighted by Gasteiger charge is -2.06. The number of carbonyl (C=O) groups is 2. The van der Waals surface area contributed by atoms with Gasteiger partial charge < -0.3 is 14.5 Å². The number of fused-ring (bicyclic) bond motifs is 1. The number of aromatic amines is 1. The predicted octanol–water partition coefficient (Wildman–Crippen LogP) is 5.52. The first-order valence-electron chi connectivity index (χ1n) is 8.52. The Morgan fingerprint density at radius 3 is 2.23 bits per heavy atom. The largest absolute Gasteiger partial charge is 0.478 e. The van der Waals surface area contributed by atoms with E-state index in [0.29, 0.717) is 12.1 Å². The van der Waals surface area contributed by atoms with Crippen molar-refractivity contribution in [3.05, 3.63) is 82.8 Å². The highest BCUT2D eigenvalue weighted by Gasteiger charge is 2.34. The van der Waals surface area contributed by atoms with Gasteiger partial charge >= 0.3 is 12.1 Å². The molecule has 0 fully saturated rings. The molecule has 30 heavy (non-hydrogen) atoms. The molecular weight excluding hydrogens is 406 g/mol. The van der Waals surface area contributed by atoms with Crippen molar-refractivity contribution in [3.8, 4) is 11.5 Å². The van der Waals surface area contributed by atoms with Gasteiger partial charge in [0.05, 0.1) is 22.5 Å². The van der Waals surface area contributed by atoms with E-state index in [1.165, 1.54) is 36.4 Å². The second-order valence-corrected chi connectivity index (χ2v) is 6.44. The number of benzene rings is 2. The van der Waals surface area contributed by atoms with Gasteiger partial charge in [-0.3, -0.25) is 4.79 Å². The van der Waals surface area contributed by atoms with Crippen molar-refractivity contribution >= 4 is 22.7 Å². The maximum absolute atomic E-state index is 14.0. The number of alkyl halides is 3. The van der Waals surface area contributed by atoms with Gasteiger partial charge in [0, 0.05) is 10.9 Å². The summed E-state index contributed by atoms with van der Waals surface area (Å²) in [5.41, 5.74) is -1.05. The molecule has 4 rings (SSSR count). The Morgan fingerprint density at radius 2 is 1.60 bits per heavy atom. The second kappa shape index (κ2) is 6.87. The summed E-state index contributed by atoms with van der Waals surface area (Å²) in [6.45, 7) is 0. The number of nitrogens with one attached hydrogen (secondary N) is 1. The van der Waals surface area contributed by atoms with E-state index in [9.17, 15) is 27.2 Å². The first-order chi connectivity index (χ1) is 14.1. The van der Waals surface area contributed by atoms with Crippen molar-refractivity contribution in [1.29, 1.82) is 0 Å². The summed E-state index contributed by atoms with van der Waals surface area (Å²) in [5, 5.41) is 8.48. The number of aromatic carboxylic acids is 1. The summed E-state index contributed by atoms with van der Waals surface area (Å²) >= 11 is 0. The standard InChI is InChI=1S/C21H11F4NO4/c22-14-6-5-13(21(23,24)25)12-9-17(30-19(12)14)15-7-8-16(26-15)18(27)10-1-3-11(4-2-10)20(28)29/h1-9,26H,(H,28,29). The van der Waals surface area contributed by atoms with Crippen LogP contribution in [0.3, 0.4) is 0 Å². The number of furan rings is 1. The molecule has 0 aliphatic heterocycles. The molecular formula is C21H11F4NO4. The van der Waals surface area contributed by atoms with Crippen molar-refractivity contribution in [1.82, 2.24) is 4.98 Å². The topological polar surface area (TPSA) is 83.3 Å². The van der Waals surface area contributed by atoms with Crippen LogP contribution < -0.4 is 0 Å². The van der Waals surface area contributed by atoms with E-state index in [4.69, 9.17) is 9.52 Å². The molecule has 0 atom stereocenters. The molecule has 9 heteroatoms. The molecule has 0 spiro atoms. The predicted molar refractivity (Wildman–Crippen MR) is 97.8 cm³/mol. The van der Waals surface area contributed by atoms with Gasteiger partial charge in [-0.05, 0) is 42.5 Å². The third-order valence-electron chi connectivity index (χ3n) is 4.53. The van der Waals surface area contributed by atoms with Crippen LogP contribution >= 0.6 is 0 Å². The molecule has 0 bridgehead atoms.